The van der Waals surface area contributed by atoms with E-state index in [4.69, 9.17) is 0 Å². The first-order valence-corrected chi connectivity index (χ1v) is 9.18. The molecule has 0 bridgehead atoms. The van der Waals surface area contributed by atoms with Gasteiger partial charge in [-0.15, -0.1) is 0 Å². The Bertz CT molecular complexity index is 1280. The predicted molar refractivity (Wildman–Crippen MR) is 113 cm³/mol. The van der Waals surface area contributed by atoms with Crippen LogP contribution in [-0.4, -0.2) is 46.0 Å². The Morgan fingerprint density at radius 3 is 2.65 bits per heavy atom. The molecule has 9 heteroatoms. The maximum absolute atomic E-state index is 12.7. The lowest BCUT2D eigenvalue weighted by Gasteiger charge is -2.09. The average molecular weight is 421 g/mol. The summed E-state index contributed by atoms with van der Waals surface area (Å²) in [7, 11) is 2.72. The number of aryl methyl sites for hydroxylation is 1. The van der Waals surface area contributed by atoms with E-state index in [-0.39, 0.29) is 23.5 Å². The van der Waals surface area contributed by atoms with E-state index in [9.17, 15) is 24.3 Å². The number of amides is 1. The summed E-state index contributed by atoms with van der Waals surface area (Å²) in [5.41, 5.74) is -0.184. The van der Waals surface area contributed by atoms with Gasteiger partial charge >= 0.3 is 5.97 Å². The highest BCUT2D eigenvalue weighted by atomic mass is 16.5. The van der Waals surface area contributed by atoms with Crippen LogP contribution in [0.25, 0.3) is 17.0 Å². The number of para-hydroxylation sites is 1. The molecule has 31 heavy (non-hydrogen) atoms. The van der Waals surface area contributed by atoms with E-state index in [2.05, 4.69) is 15.0 Å². The van der Waals surface area contributed by atoms with Crippen LogP contribution in [0.15, 0.2) is 53.3 Å². The Balaban J connectivity index is 1.86. The van der Waals surface area contributed by atoms with Gasteiger partial charge in [-0.3, -0.25) is 19.2 Å². The minimum Gasteiger partial charge on any atom is -0.506 e. The van der Waals surface area contributed by atoms with Gasteiger partial charge < -0.3 is 19.7 Å². The van der Waals surface area contributed by atoms with Crippen molar-refractivity contribution in [1.29, 1.82) is 0 Å². The van der Waals surface area contributed by atoms with E-state index in [1.165, 1.54) is 30.9 Å². The molecule has 0 saturated heterocycles. The number of hydrogen-bond acceptors (Lipinski definition) is 7. The zero-order chi connectivity index (χ0) is 22.5. The number of rotatable bonds is 6. The predicted octanol–water partition coefficient (Wildman–Crippen LogP) is 1.44. The lowest BCUT2D eigenvalue weighted by molar-refractivity contribution is -0.139. The molecule has 158 valence electrons. The van der Waals surface area contributed by atoms with Crippen LogP contribution in [0.1, 0.15) is 26.5 Å². The van der Waals surface area contributed by atoms with Gasteiger partial charge in [0.2, 0.25) is 0 Å². The molecule has 1 amide bonds. The number of pyridine rings is 2. The van der Waals surface area contributed by atoms with E-state index in [1.54, 1.807) is 36.4 Å². The van der Waals surface area contributed by atoms with Crippen molar-refractivity contribution in [2.75, 3.05) is 13.7 Å². The fourth-order valence-corrected chi connectivity index (χ4v) is 2.93. The Morgan fingerprint density at radius 1 is 1.16 bits per heavy atom. The summed E-state index contributed by atoms with van der Waals surface area (Å²) in [4.78, 5) is 52.6. The quantitative estimate of drug-likeness (QED) is 0.350. The lowest BCUT2D eigenvalue weighted by Crippen LogP contribution is -2.30. The zero-order valence-electron chi connectivity index (χ0n) is 16.8. The highest BCUT2D eigenvalue weighted by Gasteiger charge is 2.19. The van der Waals surface area contributed by atoms with Crippen LogP contribution >= 0.6 is 0 Å². The number of aromatic nitrogens is 2. The fourth-order valence-electron chi connectivity index (χ4n) is 2.93. The van der Waals surface area contributed by atoms with Gasteiger partial charge in [0.25, 0.3) is 11.5 Å². The van der Waals surface area contributed by atoms with Gasteiger partial charge in [-0.05, 0) is 36.4 Å². The molecule has 2 heterocycles. The highest BCUT2D eigenvalue weighted by Crippen LogP contribution is 2.26. The average Bonchev–Trinajstić information content (AvgIpc) is 2.79. The number of methoxy groups -OCH3 is 1. The zero-order valence-corrected chi connectivity index (χ0v) is 16.8. The molecule has 2 aromatic heterocycles. The Labute approximate surface area is 176 Å². The molecular formula is C22H19N3O6. The van der Waals surface area contributed by atoms with Crippen LogP contribution in [0.3, 0.4) is 0 Å². The third kappa shape index (κ3) is 4.50. The molecule has 0 aliphatic rings. The molecule has 0 atom stereocenters. The minimum absolute atomic E-state index is 0.0305. The molecule has 0 saturated carbocycles. The Kier molecular flexibility index (Phi) is 6.25. The lowest BCUT2D eigenvalue weighted by atomic mass is 10.1. The largest absolute Gasteiger partial charge is 0.506 e. The first-order valence-electron chi connectivity index (χ1n) is 9.18. The van der Waals surface area contributed by atoms with E-state index in [1.807, 2.05) is 0 Å². The summed E-state index contributed by atoms with van der Waals surface area (Å²) < 4.78 is 5.74. The molecule has 0 spiro atoms. The third-order valence-corrected chi connectivity index (χ3v) is 4.55. The number of nitrogens with zero attached hydrogens (tertiary/aromatic N) is 2. The summed E-state index contributed by atoms with van der Waals surface area (Å²) in [6.07, 6.45) is 2.43. The molecule has 0 aliphatic heterocycles. The number of allylic oxidation sites excluding steroid dienone is 1. The molecule has 0 unspecified atom stereocenters. The topological polar surface area (TPSA) is 128 Å². The Hall–Kier alpha value is -4.27. The fraction of sp³-hybridized carbons (Fsp3) is 0.136. The maximum atomic E-state index is 12.7. The second-order valence-electron chi connectivity index (χ2n) is 6.51. The molecule has 3 rings (SSSR count). The number of ether oxygens (including phenoxy) is 1. The first-order chi connectivity index (χ1) is 14.8. The van der Waals surface area contributed by atoms with Crippen molar-refractivity contribution in [2.24, 2.45) is 7.05 Å². The van der Waals surface area contributed by atoms with Crippen molar-refractivity contribution in [2.45, 2.75) is 0 Å². The van der Waals surface area contributed by atoms with E-state index >= 15 is 0 Å². The molecule has 0 fully saturated rings. The summed E-state index contributed by atoms with van der Waals surface area (Å²) in [6.45, 7) is -0.305. The van der Waals surface area contributed by atoms with Gasteiger partial charge in [0, 0.05) is 12.4 Å². The van der Waals surface area contributed by atoms with Gasteiger partial charge in [-0.2, -0.15) is 0 Å². The maximum Gasteiger partial charge on any atom is 0.325 e. The number of carbonyl (C=O) groups is 3. The smallest absolute Gasteiger partial charge is 0.325 e. The minimum atomic E-state index is -0.703. The van der Waals surface area contributed by atoms with E-state index in [0.717, 1.165) is 6.08 Å². The third-order valence-electron chi connectivity index (χ3n) is 4.55. The summed E-state index contributed by atoms with van der Waals surface area (Å²) >= 11 is 0. The van der Waals surface area contributed by atoms with Crippen LogP contribution in [-0.2, 0) is 16.6 Å². The second-order valence-corrected chi connectivity index (χ2v) is 6.51. The number of fused-ring (bicyclic) bond motifs is 1. The Morgan fingerprint density at radius 2 is 1.90 bits per heavy atom. The van der Waals surface area contributed by atoms with Crippen molar-refractivity contribution < 1.29 is 24.2 Å². The van der Waals surface area contributed by atoms with Crippen LogP contribution in [0.4, 0.5) is 0 Å². The number of carbonyl (C=O) groups excluding carboxylic acids is 3. The van der Waals surface area contributed by atoms with Gasteiger partial charge in [-0.1, -0.05) is 18.2 Å². The van der Waals surface area contributed by atoms with Crippen molar-refractivity contribution in [3.8, 4) is 5.75 Å². The van der Waals surface area contributed by atoms with Gasteiger partial charge in [-0.25, -0.2) is 4.98 Å². The molecule has 9 nitrogen and oxygen atoms in total. The molecule has 0 radical (unpaired) electrons. The van der Waals surface area contributed by atoms with Crippen molar-refractivity contribution >= 4 is 34.6 Å². The first kappa shape index (κ1) is 21.4. The van der Waals surface area contributed by atoms with E-state index in [0.29, 0.717) is 10.9 Å². The molecule has 1 aromatic carbocycles. The van der Waals surface area contributed by atoms with Gasteiger partial charge in [0.15, 0.2) is 5.78 Å². The van der Waals surface area contributed by atoms with Crippen molar-refractivity contribution in [1.82, 2.24) is 14.9 Å². The molecule has 0 aliphatic carbocycles. The number of esters is 1. The summed E-state index contributed by atoms with van der Waals surface area (Å²) in [6, 6.07) is 11.2. The van der Waals surface area contributed by atoms with Gasteiger partial charge in [0.05, 0.1) is 18.3 Å². The number of hydrogen-bond donors (Lipinski definition) is 2. The SMILES string of the molecule is COC(=O)CNC(=O)c1cccc(/C=C/C(=O)c2c(O)c3ccccc3n(C)c2=O)n1. The summed E-state index contributed by atoms with van der Waals surface area (Å²) in [5.74, 6) is -2.29. The normalized spacial score (nSPS) is 10.9. The molecular weight excluding hydrogens is 402 g/mol. The van der Waals surface area contributed by atoms with Crippen LogP contribution < -0.4 is 10.9 Å². The number of nitrogens with one attached hydrogen (secondary N) is 1. The number of benzene rings is 1. The van der Waals surface area contributed by atoms with Crippen LogP contribution in [0.5, 0.6) is 5.75 Å². The monoisotopic (exact) mass is 421 g/mol. The van der Waals surface area contributed by atoms with Crippen molar-refractivity contribution in [3.05, 3.63) is 75.8 Å². The highest BCUT2D eigenvalue weighted by molar-refractivity contribution is 6.11. The van der Waals surface area contributed by atoms with E-state index < -0.39 is 29.0 Å². The van der Waals surface area contributed by atoms with Crippen LogP contribution in [0, 0.1) is 0 Å². The number of ketones is 1. The van der Waals surface area contributed by atoms with Crippen LogP contribution in [0.2, 0.25) is 0 Å². The second kappa shape index (κ2) is 9.04. The van der Waals surface area contributed by atoms with Gasteiger partial charge in [0.1, 0.15) is 23.6 Å². The molecule has 2 N–H and O–H groups in total. The summed E-state index contributed by atoms with van der Waals surface area (Å²) in [5, 5.41) is 13.2. The molecule has 3 aromatic rings. The standard InChI is InChI=1S/C22H19N3O6/c1-25-16-9-4-3-7-14(16)20(28)19(22(25)30)17(26)11-10-13-6-5-8-15(24-13)21(29)23-12-18(27)31-2/h3-11,28H,12H2,1-2H3,(H,23,29)/b11-10+. The van der Waals surface area contributed by atoms with Crippen molar-refractivity contribution in [3.63, 3.8) is 0 Å². The number of aromatic hydroxyl groups is 1.